The van der Waals surface area contributed by atoms with E-state index in [0.717, 1.165) is 23.5 Å². The molecule has 1 aromatic carbocycles. The minimum atomic E-state index is -0.337. The summed E-state index contributed by atoms with van der Waals surface area (Å²) >= 11 is 1.30. The summed E-state index contributed by atoms with van der Waals surface area (Å²) < 4.78 is 3.03. The first kappa shape index (κ1) is 17.6. The van der Waals surface area contributed by atoms with Crippen LogP contribution in [0.1, 0.15) is 23.9 Å². The Labute approximate surface area is 161 Å². The zero-order valence-electron chi connectivity index (χ0n) is 15.5. The molecule has 3 aromatic rings. The zero-order valence-corrected chi connectivity index (χ0v) is 16.3. The molecule has 9 heteroatoms. The molecule has 3 heterocycles. The van der Waals surface area contributed by atoms with Crippen molar-refractivity contribution < 1.29 is 4.79 Å². The highest BCUT2D eigenvalue weighted by atomic mass is 32.2. The maximum absolute atomic E-state index is 12.9. The first-order valence-corrected chi connectivity index (χ1v) is 9.63. The lowest BCUT2D eigenvalue weighted by atomic mass is 10.2. The minimum absolute atomic E-state index is 0.0422. The molecule has 2 N–H and O–H groups in total. The Hall–Kier alpha value is -2.81. The summed E-state index contributed by atoms with van der Waals surface area (Å²) in [4.78, 5) is 14.8. The number of fused-ring (bicyclic) bond motifs is 1. The topological polar surface area (TPSA) is 94.9 Å². The van der Waals surface area contributed by atoms with E-state index >= 15 is 0 Å². The molecule has 0 spiro atoms. The fraction of sp³-hybridized carbons (Fsp3) is 0.333. The van der Waals surface area contributed by atoms with Gasteiger partial charge in [0, 0.05) is 17.9 Å². The number of thioether (sulfide) groups is 1. The lowest BCUT2D eigenvalue weighted by Crippen LogP contribution is -2.35. The lowest BCUT2D eigenvalue weighted by Gasteiger charge is -2.21. The number of aromatic nitrogens is 5. The molecule has 1 aliphatic rings. The van der Waals surface area contributed by atoms with Crippen molar-refractivity contribution in [3.05, 3.63) is 47.3 Å². The highest BCUT2D eigenvalue weighted by Gasteiger charge is 2.29. The molecule has 4 rings (SSSR count). The quantitative estimate of drug-likeness (QED) is 0.546. The average molecular weight is 383 g/mol. The van der Waals surface area contributed by atoms with Crippen LogP contribution >= 0.6 is 11.8 Å². The molecular weight excluding hydrogens is 362 g/mol. The van der Waals surface area contributed by atoms with Crippen molar-refractivity contribution in [1.82, 2.24) is 24.7 Å². The Morgan fingerprint density at radius 1 is 1.26 bits per heavy atom. The van der Waals surface area contributed by atoms with Crippen LogP contribution in [0, 0.1) is 13.8 Å². The van der Waals surface area contributed by atoms with Crippen molar-refractivity contribution in [2.24, 2.45) is 0 Å². The van der Waals surface area contributed by atoms with Crippen molar-refractivity contribution in [2.45, 2.75) is 37.6 Å². The van der Waals surface area contributed by atoms with Gasteiger partial charge < -0.3 is 10.7 Å². The Morgan fingerprint density at radius 2 is 2.04 bits per heavy atom. The number of hydrogen-bond acceptors (Lipinski definition) is 6. The first-order valence-electron chi connectivity index (χ1n) is 8.76. The van der Waals surface area contributed by atoms with Crippen molar-refractivity contribution in [2.75, 3.05) is 17.3 Å². The summed E-state index contributed by atoms with van der Waals surface area (Å²) in [6.45, 7) is 6.41. The summed E-state index contributed by atoms with van der Waals surface area (Å²) in [6, 6.07) is 9.96. The third kappa shape index (κ3) is 3.08. The Bertz CT molecular complexity index is 1010. The number of aryl methyl sites for hydroxylation is 2. The predicted octanol–water partition coefficient (Wildman–Crippen LogP) is 1.86. The molecule has 1 aliphatic heterocycles. The molecule has 0 fully saturated rings. The SMILES string of the molecule is Cc1cc(C)n(-c2nnc(SC(C)C(=O)N3CCc4ccccc43)n2N)n1. The monoisotopic (exact) mass is 383 g/mol. The van der Waals surface area contributed by atoms with E-state index < -0.39 is 0 Å². The van der Waals surface area contributed by atoms with Gasteiger partial charge in [0.25, 0.3) is 5.95 Å². The standard InChI is InChI=1S/C18H21N7OS/c1-11-10-12(2)25(22-11)17-20-21-18(24(17)19)27-13(3)16(26)23-9-8-14-6-4-5-7-15(14)23/h4-7,10,13H,8-9,19H2,1-3H3. The molecule has 2 aromatic heterocycles. The van der Waals surface area contributed by atoms with Crippen LogP contribution in [0.5, 0.6) is 0 Å². The van der Waals surface area contributed by atoms with E-state index in [1.165, 1.54) is 22.0 Å². The summed E-state index contributed by atoms with van der Waals surface area (Å²) in [6.07, 6.45) is 0.883. The van der Waals surface area contributed by atoms with Crippen molar-refractivity contribution in [1.29, 1.82) is 0 Å². The second-order valence-electron chi connectivity index (χ2n) is 6.62. The van der Waals surface area contributed by atoms with Gasteiger partial charge in [-0.15, -0.1) is 10.2 Å². The number of anilines is 1. The van der Waals surface area contributed by atoms with E-state index in [2.05, 4.69) is 21.4 Å². The molecule has 27 heavy (non-hydrogen) atoms. The molecule has 8 nitrogen and oxygen atoms in total. The molecule has 1 unspecified atom stereocenters. The van der Waals surface area contributed by atoms with Crippen LogP contribution in [0.4, 0.5) is 5.69 Å². The fourth-order valence-corrected chi connectivity index (χ4v) is 4.15. The number of para-hydroxylation sites is 1. The molecule has 0 saturated carbocycles. The van der Waals surface area contributed by atoms with Crippen LogP contribution in [-0.2, 0) is 11.2 Å². The summed E-state index contributed by atoms with van der Waals surface area (Å²) in [7, 11) is 0. The Balaban J connectivity index is 1.53. The average Bonchev–Trinajstić information content (AvgIpc) is 3.32. The summed E-state index contributed by atoms with van der Waals surface area (Å²) in [5, 5.41) is 12.8. The zero-order chi connectivity index (χ0) is 19.1. The smallest absolute Gasteiger partial charge is 0.271 e. The summed E-state index contributed by atoms with van der Waals surface area (Å²) in [5.41, 5.74) is 3.99. The second-order valence-corrected chi connectivity index (χ2v) is 7.93. The highest BCUT2D eigenvalue weighted by molar-refractivity contribution is 8.00. The summed E-state index contributed by atoms with van der Waals surface area (Å²) in [5.74, 6) is 6.64. The van der Waals surface area contributed by atoms with Gasteiger partial charge in [-0.05, 0) is 44.9 Å². The highest BCUT2D eigenvalue weighted by Crippen LogP contribution is 2.31. The maximum atomic E-state index is 12.9. The van der Waals surface area contributed by atoms with Gasteiger partial charge in [-0.25, -0.2) is 9.36 Å². The second kappa shape index (κ2) is 6.73. The normalized spacial score (nSPS) is 14.4. The van der Waals surface area contributed by atoms with Gasteiger partial charge in [0.15, 0.2) is 0 Å². The number of carbonyl (C=O) groups excluding carboxylic acids is 1. The van der Waals surface area contributed by atoms with Crippen molar-refractivity contribution >= 4 is 23.4 Å². The molecule has 1 atom stereocenters. The van der Waals surface area contributed by atoms with Crippen LogP contribution in [-0.4, -0.2) is 42.4 Å². The van der Waals surface area contributed by atoms with Crippen LogP contribution in [0.25, 0.3) is 5.95 Å². The molecule has 1 amide bonds. The minimum Gasteiger partial charge on any atom is -0.334 e. The van der Waals surface area contributed by atoms with E-state index in [1.807, 2.05) is 49.9 Å². The van der Waals surface area contributed by atoms with E-state index in [1.54, 1.807) is 4.68 Å². The number of nitrogen functional groups attached to an aromatic ring is 1. The van der Waals surface area contributed by atoms with Crippen LogP contribution in [0.15, 0.2) is 35.5 Å². The maximum Gasteiger partial charge on any atom is 0.271 e. The number of hydrogen-bond donors (Lipinski definition) is 1. The van der Waals surface area contributed by atoms with E-state index in [-0.39, 0.29) is 11.2 Å². The fourth-order valence-electron chi connectivity index (χ4n) is 3.32. The van der Waals surface area contributed by atoms with E-state index in [0.29, 0.717) is 17.6 Å². The predicted molar refractivity (Wildman–Crippen MR) is 105 cm³/mol. The molecule has 0 saturated heterocycles. The Morgan fingerprint density at radius 3 is 2.78 bits per heavy atom. The number of benzene rings is 1. The molecule has 140 valence electrons. The van der Waals surface area contributed by atoms with Gasteiger partial charge in [-0.3, -0.25) is 4.79 Å². The number of nitrogens with two attached hydrogens (primary N) is 1. The number of amides is 1. The van der Waals surface area contributed by atoms with Crippen LogP contribution in [0.2, 0.25) is 0 Å². The van der Waals surface area contributed by atoms with Gasteiger partial charge in [0.05, 0.1) is 10.9 Å². The first-order chi connectivity index (χ1) is 13.0. The van der Waals surface area contributed by atoms with Crippen LogP contribution < -0.4 is 10.7 Å². The van der Waals surface area contributed by atoms with Gasteiger partial charge >= 0.3 is 0 Å². The largest absolute Gasteiger partial charge is 0.334 e. The molecule has 0 aliphatic carbocycles. The molecule has 0 bridgehead atoms. The van der Waals surface area contributed by atoms with Gasteiger partial charge in [0.2, 0.25) is 11.1 Å². The van der Waals surface area contributed by atoms with Crippen LogP contribution in [0.3, 0.4) is 0 Å². The van der Waals surface area contributed by atoms with Gasteiger partial charge in [-0.1, -0.05) is 30.0 Å². The third-order valence-electron chi connectivity index (χ3n) is 4.63. The van der Waals surface area contributed by atoms with Crippen molar-refractivity contribution in [3.8, 4) is 5.95 Å². The number of rotatable bonds is 4. The lowest BCUT2D eigenvalue weighted by molar-refractivity contribution is -0.117. The van der Waals surface area contributed by atoms with E-state index in [4.69, 9.17) is 5.84 Å². The van der Waals surface area contributed by atoms with Crippen molar-refractivity contribution in [3.63, 3.8) is 0 Å². The van der Waals surface area contributed by atoms with Gasteiger partial charge in [0.1, 0.15) is 0 Å². The number of nitrogens with zero attached hydrogens (tertiary/aromatic N) is 6. The van der Waals surface area contributed by atoms with Gasteiger partial charge in [-0.2, -0.15) is 5.10 Å². The molecular formula is C18H21N7OS. The third-order valence-corrected chi connectivity index (χ3v) is 5.67. The number of carbonyl (C=O) groups is 1. The molecule has 0 radical (unpaired) electrons. The van der Waals surface area contributed by atoms with E-state index in [9.17, 15) is 4.79 Å². The Kier molecular flexibility index (Phi) is 4.39.